The standard InChI is InChI=1S/C13H22N2S/c1-16-13(12-10-7-14-8-11(10)12)15-9-5-3-2-4-6-9/h9-12,14H,2-8H2,1H3/b15-13-/t10-,11+,12?. The van der Waals surface area contributed by atoms with E-state index in [-0.39, 0.29) is 0 Å². The van der Waals surface area contributed by atoms with Gasteiger partial charge in [-0.1, -0.05) is 19.3 Å². The normalized spacial score (nSPS) is 39.8. The van der Waals surface area contributed by atoms with Gasteiger partial charge in [-0.05, 0) is 44.0 Å². The van der Waals surface area contributed by atoms with Crippen LogP contribution in [0.1, 0.15) is 32.1 Å². The van der Waals surface area contributed by atoms with Crippen LogP contribution in [0.4, 0.5) is 0 Å². The zero-order valence-corrected chi connectivity index (χ0v) is 10.9. The molecule has 2 aliphatic carbocycles. The minimum atomic E-state index is 0.658. The molecule has 2 nitrogen and oxygen atoms in total. The molecule has 16 heavy (non-hydrogen) atoms. The molecule has 3 fully saturated rings. The van der Waals surface area contributed by atoms with E-state index < -0.39 is 0 Å². The maximum atomic E-state index is 5.05. The number of nitrogens with one attached hydrogen (secondary N) is 1. The Hall–Kier alpha value is -0.0200. The van der Waals surface area contributed by atoms with E-state index in [2.05, 4.69) is 11.6 Å². The smallest absolute Gasteiger partial charge is 0.0714 e. The summed E-state index contributed by atoms with van der Waals surface area (Å²) in [6.45, 7) is 2.47. The van der Waals surface area contributed by atoms with Crippen molar-refractivity contribution in [2.75, 3.05) is 19.3 Å². The van der Waals surface area contributed by atoms with E-state index in [0.717, 1.165) is 17.8 Å². The van der Waals surface area contributed by atoms with Crippen LogP contribution in [0, 0.1) is 17.8 Å². The number of rotatable bonds is 2. The van der Waals surface area contributed by atoms with Gasteiger partial charge in [0.1, 0.15) is 0 Å². The van der Waals surface area contributed by atoms with Gasteiger partial charge in [0.2, 0.25) is 0 Å². The predicted octanol–water partition coefficient (Wildman–Crippen LogP) is 2.55. The van der Waals surface area contributed by atoms with Crippen LogP contribution >= 0.6 is 11.8 Å². The molecular weight excluding hydrogens is 216 g/mol. The molecule has 90 valence electrons. The van der Waals surface area contributed by atoms with E-state index in [1.165, 1.54) is 50.2 Å². The van der Waals surface area contributed by atoms with E-state index in [0.29, 0.717) is 6.04 Å². The average Bonchev–Trinajstić information content (AvgIpc) is 2.81. The second kappa shape index (κ2) is 4.69. The van der Waals surface area contributed by atoms with Crippen molar-refractivity contribution < 1.29 is 0 Å². The van der Waals surface area contributed by atoms with Gasteiger partial charge in [0.15, 0.2) is 0 Å². The summed E-state index contributed by atoms with van der Waals surface area (Å²) in [6.07, 6.45) is 9.11. The Bertz CT molecular complexity index is 274. The van der Waals surface area contributed by atoms with Crippen LogP contribution in [0.25, 0.3) is 0 Å². The largest absolute Gasteiger partial charge is 0.316 e. The third kappa shape index (κ3) is 2.04. The lowest BCUT2D eigenvalue weighted by Crippen LogP contribution is -2.19. The monoisotopic (exact) mass is 238 g/mol. The maximum Gasteiger partial charge on any atom is 0.0714 e. The van der Waals surface area contributed by atoms with Crippen molar-refractivity contribution in [1.82, 2.24) is 5.32 Å². The number of nitrogens with zero attached hydrogens (tertiary/aromatic N) is 1. The van der Waals surface area contributed by atoms with Crippen molar-refractivity contribution in [3.8, 4) is 0 Å². The second-order valence-electron chi connectivity index (χ2n) is 5.48. The number of thioether (sulfide) groups is 1. The fraction of sp³-hybridized carbons (Fsp3) is 0.923. The summed E-state index contributed by atoms with van der Waals surface area (Å²) in [6, 6.07) is 0.658. The van der Waals surface area contributed by atoms with Crippen molar-refractivity contribution in [3.63, 3.8) is 0 Å². The summed E-state index contributed by atoms with van der Waals surface area (Å²) < 4.78 is 0. The van der Waals surface area contributed by atoms with Crippen molar-refractivity contribution in [1.29, 1.82) is 0 Å². The molecule has 1 heterocycles. The molecule has 0 bridgehead atoms. The molecule has 3 heteroatoms. The molecule has 0 aromatic rings. The Kier molecular flexibility index (Phi) is 3.25. The molecular formula is C13H22N2S. The van der Waals surface area contributed by atoms with Crippen LogP contribution in [0.5, 0.6) is 0 Å². The molecule has 3 atom stereocenters. The van der Waals surface area contributed by atoms with Crippen molar-refractivity contribution >= 4 is 16.8 Å². The summed E-state index contributed by atoms with van der Waals surface area (Å²) in [7, 11) is 0. The maximum absolute atomic E-state index is 5.05. The van der Waals surface area contributed by atoms with Crippen LogP contribution < -0.4 is 5.32 Å². The van der Waals surface area contributed by atoms with Gasteiger partial charge in [0, 0.05) is 5.92 Å². The summed E-state index contributed by atoms with van der Waals surface area (Å²) >= 11 is 1.91. The Morgan fingerprint density at radius 3 is 2.44 bits per heavy atom. The minimum Gasteiger partial charge on any atom is -0.316 e. The van der Waals surface area contributed by atoms with Crippen molar-refractivity contribution in [2.24, 2.45) is 22.7 Å². The third-order valence-electron chi connectivity index (χ3n) is 4.47. The molecule has 1 unspecified atom stereocenters. The van der Waals surface area contributed by atoms with Gasteiger partial charge in [-0.15, -0.1) is 11.8 Å². The number of hydrogen-bond donors (Lipinski definition) is 1. The van der Waals surface area contributed by atoms with Gasteiger partial charge < -0.3 is 5.32 Å². The van der Waals surface area contributed by atoms with E-state index >= 15 is 0 Å². The number of fused-ring (bicyclic) bond motifs is 1. The van der Waals surface area contributed by atoms with Crippen molar-refractivity contribution in [3.05, 3.63) is 0 Å². The molecule has 2 saturated carbocycles. The van der Waals surface area contributed by atoms with Gasteiger partial charge in [-0.25, -0.2) is 0 Å². The highest BCUT2D eigenvalue weighted by Gasteiger charge is 2.55. The zero-order chi connectivity index (χ0) is 11.0. The molecule has 3 rings (SSSR count). The van der Waals surface area contributed by atoms with Crippen LogP contribution in [-0.2, 0) is 0 Å². The van der Waals surface area contributed by atoms with Crippen LogP contribution in [0.2, 0.25) is 0 Å². The highest BCUT2D eigenvalue weighted by molar-refractivity contribution is 8.13. The Labute approximate surface area is 103 Å². The van der Waals surface area contributed by atoms with Gasteiger partial charge >= 0.3 is 0 Å². The second-order valence-corrected chi connectivity index (χ2v) is 6.30. The SMILES string of the molecule is CS/C(=N\C1CCCCC1)C1[C@H]2CNC[C@@H]12. The minimum absolute atomic E-state index is 0.658. The number of hydrogen-bond acceptors (Lipinski definition) is 3. The lowest BCUT2D eigenvalue weighted by atomic mass is 9.96. The van der Waals surface area contributed by atoms with Crippen LogP contribution in [-0.4, -0.2) is 30.4 Å². The quantitative estimate of drug-likeness (QED) is 0.590. The topological polar surface area (TPSA) is 24.4 Å². The number of aliphatic imine (C=N–C) groups is 1. The predicted molar refractivity (Wildman–Crippen MR) is 71.2 cm³/mol. The fourth-order valence-electron chi connectivity index (χ4n) is 3.45. The van der Waals surface area contributed by atoms with Gasteiger partial charge in [-0.3, -0.25) is 4.99 Å². The lowest BCUT2D eigenvalue weighted by Gasteiger charge is -2.19. The van der Waals surface area contributed by atoms with Gasteiger partial charge in [0.25, 0.3) is 0 Å². The first-order valence-electron chi connectivity index (χ1n) is 6.72. The molecule has 0 spiro atoms. The van der Waals surface area contributed by atoms with E-state index in [4.69, 9.17) is 4.99 Å². The van der Waals surface area contributed by atoms with Gasteiger partial charge in [-0.2, -0.15) is 0 Å². The Morgan fingerprint density at radius 1 is 1.12 bits per heavy atom. The molecule has 3 aliphatic rings. The fourth-order valence-corrected chi connectivity index (χ4v) is 4.33. The molecule has 0 radical (unpaired) electrons. The van der Waals surface area contributed by atoms with Crippen LogP contribution in [0.15, 0.2) is 4.99 Å². The van der Waals surface area contributed by atoms with E-state index in [1.54, 1.807) is 0 Å². The number of piperidine rings is 1. The van der Waals surface area contributed by atoms with Crippen molar-refractivity contribution in [2.45, 2.75) is 38.1 Å². The lowest BCUT2D eigenvalue weighted by molar-refractivity contribution is 0.443. The summed E-state index contributed by atoms with van der Waals surface area (Å²) in [5.74, 6) is 2.68. The molecule has 1 N–H and O–H groups in total. The molecule has 1 saturated heterocycles. The Balaban J connectivity index is 1.63. The Morgan fingerprint density at radius 2 is 1.81 bits per heavy atom. The summed E-state index contributed by atoms with van der Waals surface area (Å²) in [5, 5.41) is 4.95. The molecule has 1 aliphatic heterocycles. The first-order chi connectivity index (χ1) is 7.90. The van der Waals surface area contributed by atoms with Crippen LogP contribution in [0.3, 0.4) is 0 Å². The van der Waals surface area contributed by atoms with E-state index in [1.807, 2.05) is 11.8 Å². The summed E-state index contributed by atoms with van der Waals surface area (Å²) in [5.41, 5.74) is 0. The molecule has 0 aromatic carbocycles. The first-order valence-corrected chi connectivity index (χ1v) is 7.95. The highest BCUT2D eigenvalue weighted by atomic mass is 32.2. The first kappa shape index (κ1) is 11.1. The van der Waals surface area contributed by atoms with Gasteiger partial charge in [0.05, 0.1) is 11.1 Å². The molecule has 0 amide bonds. The summed E-state index contributed by atoms with van der Waals surface area (Å²) in [4.78, 5) is 5.05. The van der Waals surface area contributed by atoms with E-state index in [9.17, 15) is 0 Å². The average molecular weight is 238 g/mol. The zero-order valence-electron chi connectivity index (χ0n) is 10.1. The highest BCUT2D eigenvalue weighted by Crippen LogP contribution is 2.51. The molecule has 0 aromatic heterocycles. The third-order valence-corrected chi connectivity index (χ3v) is 5.27.